The van der Waals surface area contributed by atoms with Gasteiger partial charge in [-0.25, -0.2) is 23.5 Å². The lowest BCUT2D eigenvalue weighted by Crippen LogP contribution is -2.47. The summed E-state index contributed by atoms with van der Waals surface area (Å²) in [5.41, 5.74) is 1.49. The van der Waals surface area contributed by atoms with Gasteiger partial charge in [-0.3, -0.25) is 10.2 Å². The fraction of sp³-hybridized carbons (Fsp3) is 0.450. The lowest BCUT2D eigenvalue weighted by Gasteiger charge is -2.36. The number of aromatic nitrogens is 4. The van der Waals surface area contributed by atoms with E-state index in [1.54, 1.807) is 6.20 Å². The number of nitrogens with zero attached hydrogens (tertiary/aromatic N) is 6. The summed E-state index contributed by atoms with van der Waals surface area (Å²) in [6.07, 6.45) is -0.579. The van der Waals surface area contributed by atoms with Gasteiger partial charge in [0.1, 0.15) is 10.0 Å². The second kappa shape index (κ2) is 9.15. The summed E-state index contributed by atoms with van der Waals surface area (Å²) in [5.74, 6) is 0.132. The van der Waals surface area contributed by atoms with Crippen LogP contribution in [0.15, 0.2) is 24.4 Å². The molecule has 1 fully saturated rings. The number of anilines is 1. The number of halogens is 2. The molecule has 0 saturated carbocycles. The summed E-state index contributed by atoms with van der Waals surface area (Å²) >= 11 is 1.47. The molecule has 1 N–H and O–H groups in total. The fourth-order valence-electron chi connectivity index (χ4n) is 3.48. The second-order valence-electron chi connectivity index (χ2n) is 7.29. The molecule has 11 heteroatoms. The van der Waals surface area contributed by atoms with Gasteiger partial charge in [-0.05, 0) is 32.8 Å². The van der Waals surface area contributed by atoms with E-state index in [1.165, 1.54) is 16.2 Å². The van der Waals surface area contributed by atoms with E-state index >= 15 is 0 Å². The topological polar surface area (TPSA) is 87.1 Å². The first-order valence-corrected chi connectivity index (χ1v) is 10.6. The Morgan fingerprint density at radius 3 is 2.87 bits per heavy atom. The quantitative estimate of drug-likeness (QED) is 0.639. The number of likely N-dealkylation sites (tertiary alicyclic amines) is 1. The van der Waals surface area contributed by atoms with Gasteiger partial charge in [0.25, 0.3) is 6.43 Å². The van der Waals surface area contributed by atoms with Crippen molar-refractivity contribution in [2.24, 2.45) is 0 Å². The van der Waals surface area contributed by atoms with Gasteiger partial charge in [-0.2, -0.15) is 0 Å². The molecule has 0 radical (unpaired) electrons. The molecule has 1 aromatic carbocycles. The molecule has 31 heavy (non-hydrogen) atoms. The minimum atomic E-state index is -2.75. The number of urea groups is 1. The highest BCUT2D eigenvalue weighted by Gasteiger charge is 2.26. The lowest BCUT2D eigenvalue weighted by atomic mass is 10.0. The van der Waals surface area contributed by atoms with Crippen LogP contribution < -0.4 is 5.32 Å². The fourth-order valence-corrected chi connectivity index (χ4v) is 4.17. The van der Waals surface area contributed by atoms with E-state index in [4.69, 9.17) is 4.11 Å². The Balaban J connectivity index is 1.41. The molecule has 2 amide bonds. The number of rotatable bonds is 5. The maximum atomic E-state index is 12.9. The number of carbonyl (C=O) groups excluding carboxylic acids is 1. The van der Waals surface area contributed by atoms with Crippen molar-refractivity contribution in [1.29, 1.82) is 0 Å². The average Bonchev–Trinajstić information content (AvgIpc) is 3.22. The number of nitrogens with one attached hydrogen (secondary N) is 1. The van der Waals surface area contributed by atoms with Crippen molar-refractivity contribution in [3.63, 3.8) is 0 Å². The second-order valence-corrected chi connectivity index (χ2v) is 8.47. The number of piperidine rings is 1. The van der Waals surface area contributed by atoms with E-state index in [2.05, 4.69) is 25.5 Å². The number of amides is 2. The van der Waals surface area contributed by atoms with Crippen LogP contribution in [0.1, 0.15) is 22.0 Å². The van der Waals surface area contributed by atoms with Crippen LogP contribution in [0.2, 0.25) is 0 Å². The first-order valence-electron chi connectivity index (χ1n) is 11.3. The molecule has 164 valence electrons. The van der Waals surface area contributed by atoms with Crippen LogP contribution in [0.4, 0.5) is 19.5 Å². The van der Waals surface area contributed by atoms with Gasteiger partial charge in [-0.15, -0.1) is 10.2 Å². The maximum Gasteiger partial charge on any atom is 0.324 e. The maximum absolute atomic E-state index is 12.9. The van der Waals surface area contributed by atoms with Crippen molar-refractivity contribution in [3.8, 4) is 10.6 Å². The summed E-state index contributed by atoms with van der Waals surface area (Å²) in [4.78, 5) is 23.7. The molecule has 0 spiro atoms. The molecule has 0 atom stereocenters. The number of hydrogen-bond donors (Lipinski definition) is 1. The first kappa shape index (κ1) is 17.8. The third-order valence-corrected chi connectivity index (χ3v) is 5.99. The van der Waals surface area contributed by atoms with Crippen LogP contribution in [0, 0.1) is 6.92 Å². The Morgan fingerprint density at radius 2 is 2.19 bits per heavy atom. The molecule has 1 aliphatic rings. The van der Waals surface area contributed by atoms with Crippen molar-refractivity contribution in [3.05, 3.63) is 29.4 Å². The zero-order valence-corrected chi connectivity index (χ0v) is 17.6. The van der Waals surface area contributed by atoms with Crippen molar-refractivity contribution >= 4 is 34.2 Å². The van der Waals surface area contributed by atoms with E-state index in [-0.39, 0.29) is 31.9 Å². The van der Waals surface area contributed by atoms with Gasteiger partial charge < -0.3 is 4.90 Å². The van der Waals surface area contributed by atoms with E-state index in [1.807, 2.05) is 25.1 Å². The molecule has 8 nitrogen and oxygen atoms in total. The van der Waals surface area contributed by atoms with Gasteiger partial charge in [0, 0.05) is 40.4 Å². The smallest absolute Gasteiger partial charge is 0.324 e. The summed E-state index contributed by atoms with van der Waals surface area (Å²) in [7, 11) is 0. The number of carbonyl (C=O) groups is 1. The summed E-state index contributed by atoms with van der Waals surface area (Å²) in [5, 5.41) is 13.3. The van der Waals surface area contributed by atoms with E-state index in [9.17, 15) is 13.6 Å². The van der Waals surface area contributed by atoms with Gasteiger partial charge in [0.2, 0.25) is 5.95 Å². The Bertz CT molecular complexity index is 1170. The predicted molar refractivity (Wildman–Crippen MR) is 115 cm³/mol. The molecule has 0 aliphatic carbocycles. The average molecular weight is 451 g/mol. The van der Waals surface area contributed by atoms with Gasteiger partial charge in [0.05, 0.1) is 12.1 Å². The SMILES string of the molecule is [2H]C([2H])([2H])N(CC(F)F)C1CCN(C(=O)Nc2ncc3ccc(-c4nnc(C)s4)cc3n2)CC1. The number of alkyl halides is 2. The van der Waals surface area contributed by atoms with Gasteiger partial charge in [0.15, 0.2) is 0 Å². The third-order valence-electron chi connectivity index (χ3n) is 5.10. The minimum Gasteiger partial charge on any atom is -0.324 e. The van der Waals surface area contributed by atoms with Crippen LogP contribution >= 0.6 is 11.3 Å². The Kier molecular flexibility index (Phi) is 5.26. The zero-order chi connectivity index (χ0) is 24.5. The molecular weight excluding hydrogens is 424 g/mol. The van der Waals surface area contributed by atoms with Crippen LogP contribution in [0.3, 0.4) is 0 Å². The Hall–Kier alpha value is -2.79. The molecule has 1 saturated heterocycles. The molecule has 4 rings (SSSR count). The van der Waals surface area contributed by atoms with Crippen molar-refractivity contribution in [2.75, 3.05) is 31.9 Å². The molecule has 0 bridgehead atoms. The van der Waals surface area contributed by atoms with Crippen LogP contribution in [-0.2, 0) is 0 Å². The minimum absolute atomic E-state index is 0.132. The van der Waals surface area contributed by atoms with Gasteiger partial charge >= 0.3 is 6.03 Å². The number of aryl methyl sites for hydroxylation is 1. The van der Waals surface area contributed by atoms with Crippen molar-refractivity contribution in [1.82, 2.24) is 30.0 Å². The Labute approximate surface area is 186 Å². The van der Waals surface area contributed by atoms with Crippen LogP contribution in [0.5, 0.6) is 0 Å². The molecular formula is C20H23F2N7OS. The van der Waals surface area contributed by atoms with E-state index in [0.717, 1.165) is 25.9 Å². The number of hydrogen-bond acceptors (Lipinski definition) is 7. The normalized spacial score (nSPS) is 17.1. The van der Waals surface area contributed by atoms with E-state index in [0.29, 0.717) is 5.52 Å². The highest BCUT2D eigenvalue weighted by molar-refractivity contribution is 7.14. The van der Waals surface area contributed by atoms with Gasteiger partial charge in [-0.1, -0.05) is 23.5 Å². The summed E-state index contributed by atoms with van der Waals surface area (Å²) in [6, 6.07) is 4.65. The molecule has 2 aromatic heterocycles. The van der Waals surface area contributed by atoms with Crippen LogP contribution in [-0.4, -0.2) is 75.1 Å². The molecule has 3 aromatic rings. The molecule has 3 heterocycles. The van der Waals surface area contributed by atoms with Crippen molar-refractivity contribution in [2.45, 2.75) is 32.2 Å². The van der Waals surface area contributed by atoms with E-state index < -0.39 is 32.0 Å². The largest absolute Gasteiger partial charge is 0.324 e. The number of benzene rings is 1. The molecule has 1 aliphatic heterocycles. The summed E-state index contributed by atoms with van der Waals surface area (Å²) in [6.45, 7) is -1.09. The monoisotopic (exact) mass is 450 g/mol. The Morgan fingerprint density at radius 1 is 1.39 bits per heavy atom. The summed E-state index contributed by atoms with van der Waals surface area (Å²) < 4.78 is 48.4. The standard InChI is InChI=1S/C20H23F2N7OS/c1-12-26-27-18(31-12)13-3-4-14-10-23-19(24-16(14)9-13)25-20(30)29-7-5-15(6-8-29)28(2)11-17(21)22/h3-4,9-10,15,17H,5-8,11H2,1-2H3,(H,23,24,25,30)/i2D3. The highest BCUT2D eigenvalue weighted by Crippen LogP contribution is 2.26. The van der Waals surface area contributed by atoms with Crippen LogP contribution in [0.25, 0.3) is 21.5 Å². The number of fused-ring (bicyclic) bond motifs is 1. The highest BCUT2D eigenvalue weighted by atomic mass is 32.1. The first-order chi connectivity index (χ1) is 16.1. The third kappa shape index (κ3) is 5.10. The predicted octanol–water partition coefficient (Wildman–Crippen LogP) is 3.65. The molecule has 0 unspecified atom stereocenters. The van der Waals surface area contributed by atoms with Crippen molar-refractivity contribution < 1.29 is 17.7 Å². The zero-order valence-electron chi connectivity index (χ0n) is 19.8. The lowest BCUT2D eigenvalue weighted by molar-refractivity contribution is 0.0627.